The number of ketones is 1. The molecule has 0 atom stereocenters. The standard InChI is InChI=1S/C33H32N2O3/c1-24-17-20-29(21-18-24)35(25(2)36)31-22-19-28(23-30(31)33(38)27-14-7-4-8-15-27)34-32(37)16-10-9-13-26-11-5-3-6-12-26/h3-8,11-12,14-15,17-23H,9-10,13,16H2,1-2H3,(H,34,37). The lowest BCUT2D eigenvalue weighted by molar-refractivity contribution is -0.117. The van der Waals surface area contributed by atoms with Crippen molar-refractivity contribution in [2.75, 3.05) is 10.2 Å². The van der Waals surface area contributed by atoms with E-state index in [1.165, 1.54) is 17.4 Å². The number of hydrogen-bond donors (Lipinski definition) is 1. The molecule has 0 aliphatic heterocycles. The molecule has 0 aromatic heterocycles. The maximum atomic E-state index is 13.6. The van der Waals surface area contributed by atoms with Gasteiger partial charge in [0.25, 0.3) is 0 Å². The zero-order valence-electron chi connectivity index (χ0n) is 21.8. The second-order valence-corrected chi connectivity index (χ2v) is 9.36. The third kappa shape index (κ3) is 6.83. The highest BCUT2D eigenvalue weighted by Crippen LogP contribution is 2.33. The molecule has 0 saturated carbocycles. The van der Waals surface area contributed by atoms with Crippen LogP contribution >= 0.6 is 0 Å². The number of carbonyl (C=O) groups is 3. The first-order valence-corrected chi connectivity index (χ1v) is 12.9. The molecule has 0 fully saturated rings. The molecular formula is C33H32N2O3. The summed E-state index contributed by atoms with van der Waals surface area (Å²) in [5.74, 6) is -0.546. The lowest BCUT2D eigenvalue weighted by Crippen LogP contribution is -2.25. The minimum absolute atomic E-state index is 0.106. The maximum Gasteiger partial charge on any atom is 0.228 e. The van der Waals surface area contributed by atoms with E-state index in [1.807, 2.05) is 55.5 Å². The molecular weight excluding hydrogens is 472 g/mol. The number of aryl methyl sites for hydroxylation is 2. The van der Waals surface area contributed by atoms with E-state index in [1.54, 1.807) is 42.5 Å². The number of carbonyl (C=O) groups excluding carboxylic acids is 3. The summed E-state index contributed by atoms with van der Waals surface area (Å²) < 4.78 is 0. The summed E-state index contributed by atoms with van der Waals surface area (Å²) in [6, 6.07) is 31.9. The number of nitrogens with zero attached hydrogens (tertiary/aromatic N) is 1. The molecule has 4 rings (SSSR count). The highest BCUT2D eigenvalue weighted by Gasteiger charge is 2.23. The fourth-order valence-electron chi connectivity index (χ4n) is 4.40. The first kappa shape index (κ1) is 26.6. The Morgan fingerprint density at radius 3 is 2.08 bits per heavy atom. The number of benzene rings is 4. The lowest BCUT2D eigenvalue weighted by atomic mass is 9.99. The molecule has 0 bridgehead atoms. The van der Waals surface area contributed by atoms with Crippen LogP contribution in [-0.4, -0.2) is 17.6 Å². The topological polar surface area (TPSA) is 66.5 Å². The second kappa shape index (κ2) is 12.6. The molecule has 1 N–H and O–H groups in total. The number of hydrogen-bond acceptors (Lipinski definition) is 3. The third-order valence-corrected chi connectivity index (χ3v) is 6.37. The van der Waals surface area contributed by atoms with Gasteiger partial charge in [-0.3, -0.25) is 19.3 Å². The van der Waals surface area contributed by atoms with E-state index in [2.05, 4.69) is 17.4 Å². The number of anilines is 3. The van der Waals surface area contributed by atoms with Crippen LogP contribution in [0.1, 0.15) is 53.2 Å². The smallest absolute Gasteiger partial charge is 0.228 e. The van der Waals surface area contributed by atoms with Crippen LogP contribution in [0.3, 0.4) is 0 Å². The van der Waals surface area contributed by atoms with Crippen molar-refractivity contribution < 1.29 is 14.4 Å². The van der Waals surface area contributed by atoms with E-state index in [9.17, 15) is 14.4 Å². The Balaban J connectivity index is 1.57. The van der Waals surface area contributed by atoms with E-state index >= 15 is 0 Å². The van der Waals surface area contributed by atoms with Gasteiger partial charge >= 0.3 is 0 Å². The third-order valence-electron chi connectivity index (χ3n) is 6.37. The quantitative estimate of drug-likeness (QED) is 0.183. The normalized spacial score (nSPS) is 10.6. The molecule has 5 heteroatoms. The van der Waals surface area contributed by atoms with Gasteiger partial charge in [0.15, 0.2) is 5.78 Å². The number of amides is 2. The largest absolute Gasteiger partial charge is 0.326 e. The molecule has 0 saturated heterocycles. The second-order valence-electron chi connectivity index (χ2n) is 9.36. The molecule has 2 amide bonds. The Morgan fingerprint density at radius 2 is 1.42 bits per heavy atom. The minimum Gasteiger partial charge on any atom is -0.326 e. The van der Waals surface area contributed by atoms with Gasteiger partial charge in [0.2, 0.25) is 11.8 Å². The molecule has 0 unspecified atom stereocenters. The van der Waals surface area contributed by atoms with E-state index in [-0.39, 0.29) is 17.6 Å². The van der Waals surface area contributed by atoms with Crippen LogP contribution in [0.2, 0.25) is 0 Å². The molecule has 0 aliphatic rings. The molecule has 38 heavy (non-hydrogen) atoms. The summed E-state index contributed by atoms with van der Waals surface area (Å²) in [6.45, 7) is 3.45. The Kier molecular flexibility index (Phi) is 8.83. The predicted molar refractivity (Wildman–Crippen MR) is 153 cm³/mol. The van der Waals surface area contributed by atoms with Gasteiger partial charge in [-0.1, -0.05) is 78.4 Å². The summed E-state index contributed by atoms with van der Waals surface area (Å²) in [4.78, 5) is 40.6. The first-order valence-electron chi connectivity index (χ1n) is 12.9. The Bertz CT molecular complexity index is 1400. The van der Waals surface area contributed by atoms with Crippen molar-refractivity contribution in [1.82, 2.24) is 0 Å². The fourth-order valence-corrected chi connectivity index (χ4v) is 4.40. The molecule has 4 aromatic rings. The lowest BCUT2D eigenvalue weighted by Gasteiger charge is -2.24. The van der Waals surface area contributed by atoms with Crippen LogP contribution < -0.4 is 10.2 Å². The Hall–Kier alpha value is -4.51. The minimum atomic E-state index is -0.224. The van der Waals surface area contributed by atoms with Gasteiger partial charge in [-0.25, -0.2) is 0 Å². The fraction of sp³-hybridized carbons (Fsp3) is 0.182. The Labute approximate surface area is 224 Å². The molecule has 192 valence electrons. The number of rotatable bonds is 10. The summed E-state index contributed by atoms with van der Waals surface area (Å²) >= 11 is 0. The van der Waals surface area contributed by atoms with Crippen molar-refractivity contribution in [1.29, 1.82) is 0 Å². The SMILES string of the molecule is CC(=O)N(c1ccc(C)cc1)c1ccc(NC(=O)CCCCc2ccccc2)cc1C(=O)c1ccccc1. The van der Waals surface area contributed by atoms with Crippen LogP contribution in [0, 0.1) is 6.92 Å². The van der Waals surface area contributed by atoms with Crippen LogP contribution in [0.5, 0.6) is 0 Å². The average Bonchev–Trinajstić information content (AvgIpc) is 2.93. The van der Waals surface area contributed by atoms with Crippen LogP contribution in [-0.2, 0) is 16.0 Å². The molecule has 5 nitrogen and oxygen atoms in total. The van der Waals surface area contributed by atoms with Crippen LogP contribution in [0.25, 0.3) is 0 Å². The Morgan fingerprint density at radius 1 is 0.763 bits per heavy atom. The summed E-state index contributed by atoms with van der Waals surface area (Å²) in [5.41, 5.74) is 4.83. The van der Waals surface area contributed by atoms with Crippen molar-refractivity contribution in [3.63, 3.8) is 0 Å². The molecule has 4 aromatic carbocycles. The zero-order valence-corrected chi connectivity index (χ0v) is 21.8. The highest BCUT2D eigenvalue weighted by molar-refractivity contribution is 6.16. The van der Waals surface area contributed by atoms with Gasteiger partial charge in [0, 0.05) is 35.8 Å². The van der Waals surface area contributed by atoms with Gasteiger partial charge in [0.1, 0.15) is 0 Å². The van der Waals surface area contributed by atoms with Gasteiger partial charge in [-0.2, -0.15) is 0 Å². The van der Waals surface area contributed by atoms with Crippen molar-refractivity contribution in [3.05, 3.63) is 125 Å². The first-order chi connectivity index (χ1) is 18.4. The van der Waals surface area contributed by atoms with Crippen molar-refractivity contribution in [2.45, 2.75) is 39.5 Å². The average molecular weight is 505 g/mol. The van der Waals surface area contributed by atoms with Crippen molar-refractivity contribution >= 4 is 34.7 Å². The number of unbranched alkanes of at least 4 members (excludes halogenated alkanes) is 1. The summed E-state index contributed by atoms with van der Waals surface area (Å²) in [7, 11) is 0. The molecule has 0 heterocycles. The van der Waals surface area contributed by atoms with Crippen molar-refractivity contribution in [2.24, 2.45) is 0 Å². The predicted octanol–water partition coefficient (Wildman–Crippen LogP) is 7.26. The number of nitrogens with one attached hydrogen (secondary N) is 1. The molecule has 0 radical (unpaired) electrons. The zero-order chi connectivity index (χ0) is 26.9. The molecule has 0 spiro atoms. The highest BCUT2D eigenvalue weighted by atomic mass is 16.2. The maximum absolute atomic E-state index is 13.6. The van der Waals surface area contributed by atoms with Gasteiger partial charge in [-0.15, -0.1) is 0 Å². The van der Waals surface area contributed by atoms with Gasteiger partial charge < -0.3 is 5.32 Å². The molecule has 0 aliphatic carbocycles. The van der Waals surface area contributed by atoms with Gasteiger partial charge in [-0.05, 0) is 62.1 Å². The van der Waals surface area contributed by atoms with Gasteiger partial charge in [0.05, 0.1) is 5.69 Å². The van der Waals surface area contributed by atoms with E-state index in [0.717, 1.165) is 24.8 Å². The summed E-state index contributed by atoms with van der Waals surface area (Å²) in [6.07, 6.45) is 3.00. The van der Waals surface area contributed by atoms with E-state index in [4.69, 9.17) is 0 Å². The summed E-state index contributed by atoms with van der Waals surface area (Å²) in [5, 5.41) is 2.94. The van der Waals surface area contributed by atoms with Crippen LogP contribution in [0.15, 0.2) is 103 Å². The van der Waals surface area contributed by atoms with E-state index < -0.39 is 0 Å². The van der Waals surface area contributed by atoms with Crippen LogP contribution in [0.4, 0.5) is 17.1 Å². The monoisotopic (exact) mass is 504 g/mol. The van der Waals surface area contributed by atoms with Crippen molar-refractivity contribution in [3.8, 4) is 0 Å². The van der Waals surface area contributed by atoms with E-state index in [0.29, 0.717) is 34.6 Å².